The van der Waals surface area contributed by atoms with Gasteiger partial charge in [0.1, 0.15) is 0 Å². The zero-order chi connectivity index (χ0) is 11.3. The van der Waals surface area contributed by atoms with Crippen LogP contribution in [0.5, 0.6) is 0 Å². The summed E-state index contributed by atoms with van der Waals surface area (Å²) < 4.78 is 0. The molecule has 15 heavy (non-hydrogen) atoms. The molecule has 0 spiro atoms. The summed E-state index contributed by atoms with van der Waals surface area (Å²) in [6.07, 6.45) is 1.04. The summed E-state index contributed by atoms with van der Waals surface area (Å²) in [6.45, 7) is 6.65. The first-order valence-corrected chi connectivity index (χ1v) is 5.45. The van der Waals surface area contributed by atoms with Crippen molar-refractivity contribution in [1.29, 1.82) is 0 Å². The molecule has 1 unspecified atom stereocenters. The molecule has 2 nitrogen and oxygen atoms in total. The molecule has 1 atom stereocenters. The Morgan fingerprint density at radius 3 is 2.73 bits per heavy atom. The first-order valence-electron chi connectivity index (χ1n) is 5.45. The molecule has 0 saturated carbocycles. The van der Waals surface area contributed by atoms with Crippen molar-refractivity contribution in [2.45, 2.75) is 33.2 Å². The van der Waals surface area contributed by atoms with Gasteiger partial charge in [0.15, 0.2) is 5.78 Å². The molecule has 0 aliphatic heterocycles. The fourth-order valence-electron chi connectivity index (χ4n) is 1.63. The van der Waals surface area contributed by atoms with Gasteiger partial charge in [-0.05, 0) is 32.4 Å². The number of Topliss-reactive ketones (excluding diaryl/α,β-unsaturated/α-hetero) is 1. The van der Waals surface area contributed by atoms with Gasteiger partial charge in [0, 0.05) is 0 Å². The fourth-order valence-corrected chi connectivity index (χ4v) is 1.63. The molecule has 0 aliphatic rings. The van der Waals surface area contributed by atoms with E-state index in [9.17, 15) is 4.79 Å². The summed E-state index contributed by atoms with van der Waals surface area (Å²) in [5.74, 6) is 0.175. The van der Waals surface area contributed by atoms with Crippen molar-refractivity contribution in [3.63, 3.8) is 0 Å². The van der Waals surface area contributed by atoms with Crippen molar-refractivity contribution in [1.82, 2.24) is 5.32 Å². The monoisotopic (exact) mass is 205 g/mol. The van der Waals surface area contributed by atoms with Crippen LogP contribution in [-0.2, 0) is 4.79 Å². The van der Waals surface area contributed by atoms with Crippen LogP contribution < -0.4 is 5.32 Å². The molecule has 82 valence electrons. The van der Waals surface area contributed by atoms with Crippen molar-refractivity contribution >= 4 is 5.78 Å². The van der Waals surface area contributed by atoms with E-state index in [2.05, 4.69) is 18.3 Å². The third-order valence-corrected chi connectivity index (χ3v) is 2.38. The van der Waals surface area contributed by atoms with Crippen molar-refractivity contribution in [2.24, 2.45) is 0 Å². The highest BCUT2D eigenvalue weighted by molar-refractivity contribution is 5.82. The largest absolute Gasteiger partial charge is 0.304 e. The molecule has 0 saturated heterocycles. The van der Waals surface area contributed by atoms with Gasteiger partial charge in [-0.2, -0.15) is 0 Å². The summed E-state index contributed by atoms with van der Waals surface area (Å²) in [7, 11) is 0. The van der Waals surface area contributed by atoms with Gasteiger partial charge in [-0.1, -0.05) is 36.8 Å². The molecule has 1 rings (SSSR count). The predicted octanol–water partition coefficient (Wildman–Crippen LogP) is 2.62. The summed E-state index contributed by atoms with van der Waals surface area (Å²) in [4.78, 5) is 11.5. The molecule has 0 radical (unpaired) electrons. The average molecular weight is 205 g/mol. The molecule has 0 aromatic heterocycles. The molecule has 2 heteroatoms. The van der Waals surface area contributed by atoms with Gasteiger partial charge in [0.2, 0.25) is 0 Å². The number of ketones is 1. The SMILES string of the molecule is CCCNC(C(C)=O)c1cccc(C)c1. The molecule has 0 heterocycles. The van der Waals surface area contributed by atoms with Crippen LogP contribution in [-0.4, -0.2) is 12.3 Å². The number of carbonyl (C=O) groups is 1. The van der Waals surface area contributed by atoms with E-state index in [4.69, 9.17) is 0 Å². The highest BCUT2D eigenvalue weighted by Crippen LogP contribution is 2.15. The molecule has 0 fully saturated rings. The Morgan fingerprint density at radius 1 is 1.47 bits per heavy atom. The summed E-state index contributed by atoms with van der Waals surface area (Å²) in [5, 5.41) is 3.26. The standard InChI is InChI=1S/C13H19NO/c1-4-8-14-13(11(3)15)12-7-5-6-10(2)9-12/h5-7,9,13-14H,4,8H2,1-3H3. The zero-order valence-corrected chi connectivity index (χ0v) is 9.71. The highest BCUT2D eigenvalue weighted by atomic mass is 16.1. The maximum atomic E-state index is 11.5. The second-order valence-electron chi connectivity index (χ2n) is 3.91. The van der Waals surface area contributed by atoms with E-state index in [1.807, 2.05) is 25.1 Å². The zero-order valence-electron chi connectivity index (χ0n) is 9.71. The Kier molecular flexibility index (Phi) is 4.50. The molecule has 1 N–H and O–H groups in total. The Bertz CT molecular complexity index is 333. The second-order valence-corrected chi connectivity index (χ2v) is 3.91. The summed E-state index contributed by atoms with van der Waals surface area (Å²) in [6, 6.07) is 7.95. The van der Waals surface area contributed by atoms with Gasteiger partial charge in [0.25, 0.3) is 0 Å². The van der Waals surface area contributed by atoms with Gasteiger partial charge in [-0.25, -0.2) is 0 Å². The van der Waals surface area contributed by atoms with Crippen LogP contribution in [0.15, 0.2) is 24.3 Å². The van der Waals surface area contributed by atoms with Crippen LogP contribution in [0.25, 0.3) is 0 Å². The van der Waals surface area contributed by atoms with E-state index in [1.165, 1.54) is 5.56 Å². The quantitative estimate of drug-likeness (QED) is 0.800. The first kappa shape index (κ1) is 11.9. The molecular formula is C13H19NO. The first-order chi connectivity index (χ1) is 7.15. The van der Waals surface area contributed by atoms with Crippen LogP contribution in [0.1, 0.15) is 37.4 Å². The third-order valence-electron chi connectivity index (χ3n) is 2.38. The lowest BCUT2D eigenvalue weighted by Gasteiger charge is -2.16. The van der Waals surface area contributed by atoms with Crippen LogP contribution in [0.3, 0.4) is 0 Å². The van der Waals surface area contributed by atoms with Crippen LogP contribution >= 0.6 is 0 Å². The number of hydrogen-bond donors (Lipinski definition) is 1. The van der Waals surface area contributed by atoms with Crippen molar-refractivity contribution in [3.05, 3.63) is 35.4 Å². The molecule has 1 aromatic rings. The van der Waals surface area contributed by atoms with Crippen LogP contribution in [0, 0.1) is 6.92 Å². The molecule has 0 amide bonds. The normalized spacial score (nSPS) is 12.5. The predicted molar refractivity (Wildman–Crippen MR) is 62.9 cm³/mol. The van der Waals surface area contributed by atoms with Gasteiger partial charge in [-0.15, -0.1) is 0 Å². The summed E-state index contributed by atoms with van der Waals surface area (Å²) in [5.41, 5.74) is 2.26. The lowest BCUT2D eigenvalue weighted by molar-refractivity contribution is -0.119. The van der Waals surface area contributed by atoms with Gasteiger partial charge in [-0.3, -0.25) is 4.79 Å². The Morgan fingerprint density at radius 2 is 2.20 bits per heavy atom. The number of hydrogen-bond acceptors (Lipinski definition) is 2. The lowest BCUT2D eigenvalue weighted by atomic mass is 10.0. The summed E-state index contributed by atoms with van der Waals surface area (Å²) >= 11 is 0. The Labute approximate surface area is 91.7 Å². The van der Waals surface area contributed by atoms with Crippen molar-refractivity contribution in [2.75, 3.05) is 6.54 Å². The topological polar surface area (TPSA) is 29.1 Å². The van der Waals surface area contributed by atoms with E-state index < -0.39 is 0 Å². The number of aryl methyl sites for hydroxylation is 1. The maximum Gasteiger partial charge on any atom is 0.151 e. The molecule has 1 aromatic carbocycles. The number of nitrogens with one attached hydrogen (secondary N) is 1. The molecular weight excluding hydrogens is 186 g/mol. The fraction of sp³-hybridized carbons (Fsp3) is 0.462. The van der Waals surface area contributed by atoms with Gasteiger partial charge in [0.05, 0.1) is 6.04 Å². The molecule has 0 aliphatic carbocycles. The highest BCUT2D eigenvalue weighted by Gasteiger charge is 2.14. The average Bonchev–Trinajstić information content (AvgIpc) is 2.18. The van der Waals surface area contributed by atoms with Crippen molar-refractivity contribution in [3.8, 4) is 0 Å². The smallest absolute Gasteiger partial charge is 0.151 e. The van der Waals surface area contributed by atoms with Crippen LogP contribution in [0.2, 0.25) is 0 Å². The number of rotatable bonds is 5. The lowest BCUT2D eigenvalue weighted by Crippen LogP contribution is -2.27. The van der Waals surface area contributed by atoms with E-state index in [0.29, 0.717) is 0 Å². The minimum atomic E-state index is -0.148. The Balaban J connectivity index is 2.84. The maximum absolute atomic E-state index is 11.5. The van der Waals surface area contributed by atoms with E-state index in [0.717, 1.165) is 18.5 Å². The van der Waals surface area contributed by atoms with E-state index >= 15 is 0 Å². The number of carbonyl (C=O) groups excluding carboxylic acids is 1. The minimum absolute atomic E-state index is 0.148. The second kappa shape index (κ2) is 5.66. The third kappa shape index (κ3) is 3.48. The Hall–Kier alpha value is -1.15. The van der Waals surface area contributed by atoms with Crippen molar-refractivity contribution < 1.29 is 4.79 Å². The van der Waals surface area contributed by atoms with E-state index in [-0.39, 0.29) is 11.8 Å². The minimum Gasteiger partial charge on any atom is -0.304 e. The molecule has 0 bridgehead atoms. The van der Waals surface area contributed by atoms with Gasteiger partial charge >= 0.3 is 0 Å². The van der Waals surface area contributed by atoms with E-state index in [1.54, 1.807) is 6.92 Å². The van der Waals surface area contributed by atoms with Gasteiger partial charge < -0.3 is 5.32 Å². The van der Waals surface area contributed by atoms with Crippen LogP contribution in [0.4, 0.5) is 0 Å². The number of benzene rings is 1.